The van der Waals surface area contributed by atoms with Crippen LogP contribution < -0.4 is 10.0 Å². The van der Waals surface area contributed by atoms with Crippen molar-refractivity contribution in [2.45, 2.75) is 40.0 Å². The molecule has 0 aliphatic rings. The molecule has 2 aromatic rings. The van der Waals surface area contributed by atoms with E-state index in [-0.39, 0.29) is 17.1 Å². The Bertz CT molecular complexity index is 881. The van der Waals surface area contributed by atoms with Crippen molar-refractivity contribution in [3.05, 3.63) is 59.7 Å². The predicted octanol–water partition coefficient (Wildman–Crippen LogP) is 4.31. The lowest BCUT2D eigenvalue weighted by molar-refractivity contribution is -0.118. The Morgan fingerprint density at radius 3 is 2.00 bits per heavy atom. The highest BCUT2D eigenvalue weighted by Gasteiger charge is 2.22. The largest absolute Gasteiger partial charge is 0.326 e. The number of rotatable bonds is 6. The average molecular weight is 389 g/mol. The van der Waals surface area contributed by atoms with Gasteiger partial charge in [0.05, 0.1) is 11.7 Å². The maximum absolute atomic E-state index is 12.4. The molecular formula is C21H28N2O3S. The highest BCUT2D eigenvalue weighted by atomic mass is 32.2. The summed E-state index contributed by atoms with van der Waals surface area (Å²) in [5.74, 6) is -1.30. The van der Waals surface area contributed by atoms with Crippen LogP contribution in [0.15, 0.2) is 48.5 Å². The van der Waals surface area contributed by atoms with E-state index in [2.05, 4.69) is 30.8 Å². The van der Waals surface area contributed by atoms with Crippen molar-refractivity contribution >= 4 is 27.3 Å². The van der Waals surface area contributed by atoms with Crippen molar-refractivity contribution in [3.8, 4) is 0 Å². The van der Waals surface area contributed by atoms with Gasteiger partial charge in [-0.05, 0) is 42.2 Å². The maximum Gasteiger partial charge on any atom is 0.233 e. The number of carbonyl (C=O) groups is 1. The lowest BCUT2D eigenvalue weighted by Gasteiger charge is -2.19. The van der Waals surface area contributed by atoms with E-state index < -0.39 is 15.9 Å². The van der Waals surface area contributed by atoms with E-state index in [0.717, 1.165) is 5.56 Å². The molecule has 1 unspecified atom stereocenters. The molecular weight excluding hydrogens is 360 g/mol. The number of anilines is 2. The minimum Gasteiger partial charge on any atom is -0.326 e. The molecule has 0 bridgehead atoms. The maximum atomic E-state index is 12.4. The van der Waals surface area contributed by atoms with E-state index in [4.69, 9.17) is 0 Å². The van der Waals surface area contributed by atoms with E-state index in [0.29, 0.717) is 11.4 Å². The summed E-state index contributed by atoms with van der Waals surface area (Å²) >= 11 is 0. The Labute approximate surface area is 162 Å². The number of nitrogens with one attached hydrogen (secondary N) is 2. The van der Waals surface area contributed by atoms with Gasteiger partial charge in [0.25, 0.3) is 0 Å². The standard InChI is InChI=1S/C21H28N2O3S/c1-15-6-10-19(11-7-15)23-27(25,26)14-16(2)20(24)22-18-12-8-17(9-13-18)21(3,4)5/h6-13,16,23H,14H2,1-5H3,(H,22,24). The second-order valence-corrected chi connectivity index (χ2v) is 9.73. The van der Waals surface area contributed by atoms with Crippen LogP contribution in [0.1, 0.15) is 38.8 Å². The summed E-state index contributed by atoms with van der Waals surface area (Å²) in [5, 5.41) is 2.78. The number of benzene rings is 2. The second-order valence-electron chi connectivity index (χ2n) is 7.97. The first-order chi connectivity index (χ1) is 12.5. The summed E-state index contributed by atoms with van der Waals surface area (Å²) in [4.78, 5) is 12.4. The van der Waals surface area contributed by atoms with Gasteiger partial charge in [-0.25, -0.2) is 8.42 Å². The molecule has 27 heavy (non-hydrogen) atoms. The van der Waals surface area contributed by atoms with Gasteiger partial charge < -0.3 is 5.32 Å². The van der Waals surface area contributed by atoms with E-state index in [1.54, 1.807) is 19.1 Å². The molecule has 5 nitrogen and oxygen atoms in total. The number of aryl methyl sites for hydroxylation is 1. The van der Waals surface area contributed by atoms with Crippen LogP contribution >= 0.6 is 0 Å². The summed E-state index contributed by atoms with van der Waals surface area (Å²) in [5.41, 5.74) is 3.39. The first-order valence-electron chi connectivity index (χ1n) is 8.95. The Morgan fingerprint density at radius 1 is 0.963 bits per heavy atom. The normalized spacial score (nSPS) is 13.1. The van der Waals surface area contributed by atoms with E-state index in [1.165, 1.54) is 5.56 Å². The first kappa shape index (κ1) is 21.0. The first-order valence-corrected chi connectivity index (χ1v) is 10.6. The topological polar surface area (TPSA) is 75.3 Å². The van der Waals surface area contributed by atoms with Gasteiger partial charge >= 0.3 is 0 Å². The van der Waals surface area contributed by atoms with Crippen LogP contribution in [0.2, 0.25) is 0 Å². The van der Waals surface area contributed by atoms with Crippen molar-refractivity contribution in [1.29, 1.82) is 0 Å². The van der Waals surface area contributed by atoms with Crippen molar-refractivity contribution < 1.29 is 13.2 Å². The molecule has 0 radical (unpaired) electrons. The van der Waals surface area contributed by atoms with Crippen molar-refractivity contribution in [1.82, 2.24) is 0 Å². The van der Waals surface area contributed by atoms with Crippen LogP contribution in [-0.4, -0.2) is 20.1 Å². The summed E-state index contributed by atoms with van der Waals surface area (Å²) < 4.78 is 27.1. The molecule has 0 fully saturated rings. The fourth-order valence-electron chi connectivity index (χ4n) is 2.57. The number of hydrogen-bond donors (Lipinski definition) is 2. The fourth-order valence-corrected chi connectivity index (χ4v) is 3.95. The smallest absolute Gasteiger partial charge is 0.233 e. The Hall–Kier alpha value is -2.34. The average Bonchev–Trinajstić information content (AvgIpc) is 2.56. The van der Waals surface area contributed by atoms with Crippen LogP contribution in [-0.2, 0) is 20.2 Å². The molecule has 6 heteroatoms. The van der Waals surface area contributed by atoms with Crippen LogP contribution in [0.4, 0.5) is 11.4 Å². The summed E-state index contributed by atoms with van der Waals surface area (Å²) in [6.07, 6.45) is 0. The van der Waals surface area contributed by atoms with Gasteiger partial charge in [0.1, 0.15) is 0 Å². The lowest BCUT2D eigenvalue weighted by atomic mass is 9.87. The Morgan fingerprint density at radius 2 is 1.48 bits per heavy atom. The molecule has 0 spiro atoms. The molecule has 0 saturated carbocycles. The van der Waals surface area contributed by atoms with Crippen LogP contribution in [0.25, 0.3) is 0 Å². The van der Waals surface area contributed by atoms with Gasteiger partial charge in [-0.1, -0.05) is 57.5 Å². The third kappa shape index (κ3) is 6.40. The summed E-state index contributed by atoms with van der Waals surface area (Å²) in [6.45, 7) is 9.89. The third-order valence-electron chi connectivity index (χ3n) is 4.26. The Balaban J connectivity index is 1.97. The summed E-state index contributed by atoms with van der Waals surface area (Å²) in [6, 6.07) is 14.7. The molecule has 0 aromatic heterocycles. The molecule has 146 valence electrons. The molecule has 2 rings (SSSR count). The van der Waals surface area contributed by atoms with Gasteiger partial charge in [0, 0.05) is 11.4 Å². The molecule has 1 atom stereocenters. The molecule has 0 aliphatic carbocycles. The van der Waals surface area contributed by atoms with Crippen molar-refractivity contribution in [3.63, 3.8) is 0 Å². The molecule has 0 heterocycles. The van der Waals surface area contributed by atoms with Gasteiger partial charge in [0.2, 0.25) is 15.9 Å². The molecule has 2 N–H and O–H groups in total. The fraction of sp³-hybridized carbons (Fsp3) is 0.381. The van der Waals surface area contributed by atoms with E-state index in [1.807, 2.05) is 43.3 Å². The number of amides is 1. The monoisotopic (exact) mass is 388 g/mol. The lowest BCUT2D eigenvalue weighted by Crippen LogP contribution is -2.29. The van der Waals surface area contributed by atoms with Crippen LogP contribution in [0.3, 0.4) is 0 Å². The SMILES string of the molecule is Cc1ccc(NS(=O)(=O)CC(C)C(=O)Nc2ccc(C(C)(C)C)cc2)cc1. The highest BCUT2D eigenvalue weighted by molar-refractivity contribution is 7.92. The van der Waals surface area contributed by atoms with Gasteiger partial charge in [-0.3, -0.25) is 9.52 Å². The van der Waals surface area contributed by atoms with Gasteiger partial charge in [-0.2, -0.15) is 0 Å². The van der Waals surface area contributed by atoms with Crippen LogP contribution in [0, 0.1) is 12.8 Å². The zero-order chi connectivity index (χ0) is 20.2. The quantitative estimate of drug-likeness (QED) is 0.774. The minimum atomic E-state index is -3.62. The zero-order valence-electron chi connectivity index (χ0n) is 16.5. The molecule has 1 amide bonds. The zero-order valence-corrected chi connectivity index (χ0v) is 17.4. The van der Waals surface area contributed by atoms with Crippen molar-refractivity contribution in [2.24, 2.45) is 5.92 Å². The minimum absolute atomic E-state index is 0.0333. The molecule has 0 saturated heterocycles. The number of hydrogen-bond acceptors (Lipinski definition) is 3. The summed E-state index contributed by atoms with van der Waals surface area (Å²) in [7, 11) is -3.62. The predicted molar refractivity (Wildman–Crippen MR) is 112 cm³/mol. The van der Waals surface area contributed by atoms with Crippen molar-refractivity contribution in [2.75, 3.05) is 15.8 Å². The van der Waals surface area contributed by atoms with Crippen LogP contribution in [0.5, 0.6) is 0 Å². The van der Waals surface area contributed by atoms with E-state index in [9.17, 15) is 13.2 Å². The highest BCUT2D eigenvalue weighted by Crippen LogP contribution is 2.23. The van der Waals surface area contributed by atoms with Gasteiger partial charge in [-0.15, -0.1) is 0 Å². The van der Waals surface area contributed by atoms with Gasteiger partial charge in [0.15, 0.2) is 0 Å². The molecule has 2 aromatic carbocycles. The molecule has 0 aliphatic heterocycles. The number of sulfonamides is 1. The second kappa shape index (κ2) is 8.13. The third-order valence-corrected chi connectivity index (χ3v) is 5.75. The Kier molecular flexibility index (Phi) is 6.31. The van der Waals surface area contributed by atoms with E-state index >= 15 is 0 Å². The number of carbonyl (C=O) groups excluding carboxylic acids is 1.